The number of aryl methyl sites for hydroxylation is 2. The molecule has 1 atom stereocenters. The number of furan rings is 1. The SMILES string of the molecule is Cc1cc2c(o1)CCCC2O. The third kappa shape index (κ3) is 1.07. The van der Waals surface area contributed by atoms with Gasteiger partial charge in [0.2, 0.25) is 0 Å². The van der Waals surface area contributed by atoms with Gasteiger partial charge in [-0.3, -0.25) is 0 Å². The lowest BCUT2D eigenvalue weighted by Crippen LogP contribution is -2.05. The third-order valence-corrected chi connectivity index (χ3v) is 2.21. The predicted molar refractivity (Wildman–Crippen MR) is 41.3 cm³/mol. The van der Waals surface area contributed by atoms with Crippen LogP contribution >= 0.6 is 0 Å². The van der Waals surface area contributed by atoms with Gasteiger partial charge in [0.15, 0.2) is 0 Å². The summed E-state index contributed by atoms with van der Waals surface area (Å²) in [5, 5.41) is 9.51. The molecule has 2 rings (SSSR count). The summed E-state index contributed by atoms with van der Waals surface area (Å²) in [6.45, 7) is 1.92. The molecule has 0 saturated carbocycles. The highest BCUT2D eigenvalue weighted by Crippen LogP contribution is 2.31. The van der Waals surface area contributed by atoms with E-state index in [1.165, 1.54) is 0 Å². The molecule has 2 nitrogen and oxygen atoms in total. The number of rotatable bonds is 0. The van der Waals surface area contributed by atoms with E-state index in [4.69, 9.17) is 4.42 Å². The van der Waals surface area contributed by atoms with Crippen molar-refractivity contribution in [1.82, 2.24) is 0 Å². The second-order valence-corrected chi connectivity index (χ2v) is 3.14. The highest BCUT2D eigenvalue weighted by molar-refractivity contribution is 5.25. The molecule has 0 radical (unpaired) electrons. The summed E-state index contributed by atoms with van der Waals surface area (Å²) in [7, 11) is 0. The molecule has 1 aliphatic rings. The molecule has 0 aliphatic heterocycles. The van der Waals surface area contributed by atoms with E-state index in [1.54, 1.807) is 0 Å². The Labute approximate surface area is 65.8 Å². The molecule has 0 aromatic carbocycles. The fourth-order valence-electron chi connectivity index (χ4n) is 1.67. The molecule has 60 valence electrons. The second kappa shape index (κ2) is 2.38. The predicted octanol–water partition coefficient (Wildman–Crippen LogP) is 1.96. The average molecular weight is 152 g/mol. The molecule has 1 aromatic heterocycles. The number of hydrogen-bond donors (Lipinski definition) is 1. The molecule has 1 unspecified atom stereocenters. The van der Waals surface area contributed by atoms with Crippen LogP contribution in [0.2, 0.25) is 0 Å². The molecular weight excluding hydrogens is 140 g/mol. The van der Waals surface area contributed by atoms with Crippen molar-refractivity contribution in [3.63, 3.8) is 0 Å². The fraction of sp³-hybridized carbons (Fsp3) is 0.556. The van der Waals surface area contributed by atoms with Crippen LogP contribution in [0.3, 0.4) is 0 Å². The number of hydrogen-bond acceptors (Lipinski definition) is 2. The lowest BCUT2D eigenvalue weighted by molar-refractivity contribution is 0.152. The van der Waals surface area contributed by atoms with Crippen LogP contribution in [0.1, 0.15) is 36.0 Å². The van der Waals surface area contributed by atoms with Crippen LogP contribution in [0.5, 0.6) is 0 Å². The summed E-state index contributed by atoms with van der Waals surface area (Å²) < 4.78 is 5.42. The fourth-order valence-corrected chi connectivity index (χ4v) is 1.67. The highest BCUT2D eigenvalue weighted by atomic mass is 16.3. The molecular formula is C9H12O2. The Bertz CT molecular complexity index is 263. The molecule has 0 bridgehead atoms. The molecule has 1 N–H and O–H groups in total. The second-order valence-electron chi connectivity index (χ2n) is 3.14. The van der Waals surface area contributed by atoms with Gasteiger partial charge in [0.05, 0.1) is 6.10 Å². The molecule has 0 saturated heterocycles. The first kappa shape index (κ1) is 6.92. The van der Waals surface area contributed by atoms with E-state index in [-0.39, 0.29) is 6.10 Å². The van der Waals surface area contributed by atoms with E-state index in [0.29, 0.717) is 0 Å². The molecule has 0 spiro atoms. The minimum Gasteiger partial charge on any atom is -0.466 e. The maximum atomic E-state index is 9.51. The molecule has 11 heavy (non-hydrogen) atoms. The zero-order valence-corrected chi connectivity index (χ0v) is 6.63. The van der Waals surface area contributed by atoms with Crippen molar-refractivity contribution in [3.8, 4) is 0 Å². The summed E-state index contributed by atoms with van der Waals surface area (Å²) in [5.74, 6) is 1.90. The standard InChI is InChI=1S/C9H12O2/c1-6-5-7-8(10)3-2-4-9(7)11-6/h5,8,10H,2-4H2,1H3. The van der Waals surface area contributed by atoms with Gasteiger partial charge in [-0.05, 0) is 25.8 Å². The van der Waals surface area contributed by atoms with E-state index in [2.05, 4.69) is 0 Å². The van der Waals surface area contributed by atoms with E-state index >= 15 is 0 Å². The lowest BCUT2D eigenvalue weighted by Gasteiger charge is -2.15. The van der Waals surface area contributed by atoms with Crippen LogP contribution < -0.4 is 0 Å². The van der Waals surface area contributed by atoms with Crippen molar-refractivity contribution >= 4 is 0 Å². The van der Waals surface area contributed by atoms with E-state index in [1.807, 2.05) is 13.0 Å². The highest BCUT2D eigenvalue weighted by Gasteiger charge is 2.21. The number of fused-ring (bicyclic) bond motifs is 1. The largest absolute Gasteiger partial charge is 0.466 e. The van der Waals surface area contributed by atoms with Gasteiger partial charge in [-0.25, -0.2) is 0 Å². The summed E-state index contributed by atoms with van der Waals surface area (Å²) in [6.07, 6.45) is 2.63. The molecule has 2 heteroatoms. The van der Waals surface area contributed by atoms with Crippen molar-refractivity contribution in [2.75, 3.05) is 0 Å². The smallest absolute Gasteiger partial charge is 0.109 e. The van der Waals surface area contributed by atoms with Crippen LogP contribution in [0.4, 0.5) is 0 Å². The summed E-state index contributed by atoms with van der Waals surface area (Å²) in [6, 6.07) is 1.94. The zero-order chi connectivity index (χ0) is 7.84. The Hall–Kier alpha value is -0.760. The van der Waals surface area contributed by atoms with Crippen LogP contribution in [0.25, 0.3) is 0 Å². The molecule has 1 aliphatic carbocycles. The maximum absolute atomic E-state index is 9.51. The third-order valence-electron chi connectivity index (χ3n) is 2.21. The average Bonchev–Trinajstić information content (AvgIpc) is 2.31. The van der Waals surface area contributed by atoms with Gasteiger partial charge in [-0.15, -0.1) is 0 Å². The summed E-state index contributed by atoms with van der Waals surface area (Å²) in [4.78, 5) is 0. The van der Waals surface area contributed by atoms with Gasteiger partial charge in [0, 0.05) is 12.0 Å². The van der Waals surface area contributed by atoms with Crippen molar-refractivity contribution in [1.29, 1.82) is 0 Å². The first-order chi connectivity index (χ1) is 5.27. The van der Waals surface area contributed by atoms with Crippen LogP contribution in [-0.2, 0) is 6.42 Å². The Morgan fingerprint density at radius 1 is 1.64 bits per heavy atom. The summed E-state index contributed by atoms with van der Waals surface area (Å²) in [5.41, 5.74) is 1.01. The monoisotopic (exact) mass is 152 g/mol. The van der Waals surface area contributed by atoms with Gasteiger partial charge in [-0.1, -0.05) is 0 Å². The maximum Gasteiger partial charge on any atom is 0.109 e. The van der Waals surface area contributed by atoms with E-state index in [9.17, 15) is 5.11 Å². The molecule has 0 fully saturated rings. The van der Waals surface area contributed by atoms with Gasteiger partial charge in [0.25, 0.3) is 0 Å². The van der Waals surface area contributed by atoms with Gasteiger partial charge in [-0.2, -0.15) is 0 Å². The Kier molecular flexibility index (Phi) is 1.50. The minimum atomic E-state index is -0.281. The normalized spacial score (nSPS) is 23.3. The number of aliphatic hydroxyl groups is 1. The van der Waals surface area contributed by atoms with Crippen molar-refractivity contribution in [3.05, 3.63) is 23.2 Å². The Morgan fingerprint density at radius 3 is 3.18 bits per heavy atom. The zero-order valence-electron chi connectivity index (χ0n) is 6.63. The molecule has 1 aromatic rings. The van der Waals surface area contributed by atoms with Crippen molar-refractivity contribution < 1.29 is 9.52 Å². The van der Waals surface area contributed by atoms with Crippen LogP contribution in [0, 0.1) is 6.92 Å². The Morgan fingerprint density at radius 2 is 2.45 bits per heavy atom. The lowest BCUT2D eigenvalue weighted by atomic mass is 9.96. The topological polar surface area (TPSA) is 33.4 Å². The first-order valence-corrected chi connectivity index (χ1v) is 4.04. The van der Waals surface area contributed by atoms with Gasteiger partial charge in [0.1, 0.15) is 11.5 Å². The van der Waals surface area contributed by atoms with Crippen molar-refractivity contribution in [2.24, 2.45) is 0 Å². The van der Waals surface area contributed by atoms with Gasteiger partial charge >= 0.3 is 0 Å². The quantitative estimate of drug-likeness (QED) is 0.616. The van der Waals surface area contributed by atoms with E-state index < -0.39 is 0 Å². The van der Waals surface area contributed by atoms with E-state index in [0.717, 1.165) is 36.3 Å². The molecule has 0 amide bonds. The first-order valence-electron chi connectivity index (χ1n) is 4.04. The summed E-state index contributed by atoms with van der Waals surface area (Å²) >= 11 is 0. The van der Waals surface area contributed by atoms with Crippen LogP contribution in [0.15, 0.2) is 10.5 Å². The Balaban J connectivity index is 2.43. The van der Waals surface area contributed by atoms with Crippen molar-refractivity contribution in [2.45, 2.75) is 32.3 Å². The number of aliphatic hydroxyl groups excluding tert-OH is 1. The van der Waals surface area contributed by atoms with Gasteiger partial charge < -0.3 is 9.52 Å². The molecule has 1 heterocycles. The van der Waals surface area contributed by atoms with Crippen LogP contribution in [-0.4, -0.2) is 5.11 Å². The minimum absolute atomic E-state index is 0.281.